The standard InChI is InChI=1S/C19H22N2O3S/c1-14-5-3-6-16(11-14)13-25(23,24)20-17-8-9-18(15(2)12-17)21-10-4-7-19(21)22/h3,5-6,8-9,11-12,20H,4,7,10,13H2,1-2H3. The molecule has 25 heavy (non-hydrogen) atoms. The first kappa shape index (κ1) is 17.5. The van der Waals surface area contributed by atoms with Gasteiger partial charge >= 0.3 is 0 Å². The van der Waals surface area contributed by atoms with Crippen LogP contribution in [0.4, 0.5) is 11.4 Å². The Morgan fingerprint density at radius 1 is 1.12 bits per heavy atom. The minimum Gasteiger partial charge on any atom is -0.312 e. The summed E-state index contributed by atoms with van der Waals surface area (Å²) in [6.07, 6.45) is 1.44. The Bertz CT molecular complexity index is 907. The second kappa shape index (κ2) is 6.88. The maximum Gasteiger partial charge on any atom is 0.236 e. The van der Waals surface area contributed by atoms with Crippen molar-refractivity contribution in [3.63, 3.8) is 0 Å². The van der Waals surface area contributed by atoms with E-state index in [1.165, 1.54) is 0 Å². The van der Waals surface area contributed by atoms with Crippen molar-refractivity contribution >= 4 is 27.3 Å². The molecule has 0 spiro atoms. The van der Waals surface area contributed by atoms with Crippen LogP contribution in [-0.2, 0) is 20.6 Å². The Morgan fingerprint density at radius 3 is 2.56 bits per heavy atom. The van der Waals surface area contributed by atoms with Crippen molar-refractivity contribution in [3.8, 4) is 0 Å². The van der Waals surface area contributed by atoms with Crippen molar-refractivity contribution in [1.82, 2.24) is 0 Å². The third-order valence-corrected chi connectivity index (χ3v) is 5.53. The molecule has 0 atom stereocenters. The molecule has 132 valence electrons. The van der Waals surface area contributed by atoms with E-state index in [1.807, 2.05) is 38.1 Å². The number of benzene rings is 2. The van der Waals surface area contributed by atoms with E-state index in [0.717, 1.165) is 35.3 Å². The molecule has 0 radical (unpaired) electrons. The van der Waals surface area contributed by atoms with Gasteiger partial charge in [-0.25, -0.2) is 8.42 Å². The fraction of sp³-hybridized carbons (Fsp3) is 0.316. The molecule has 6 heteroatoms. The maximum atomic E-state index is 12.4. The number of hydrogen-bond acceptors (Lipinski definition) is 3. The zero-order valence-electron chi connectivity index (χ0n) is 14.5. The van der Waals surface area contributed by atoms with Crippen LogP contribution in [0.15, 0.2) is 42.5 Å². The number of nitrogens with zero attached hydrogens (tertiary/aromatic N) is 1. The molecule has 5 nitrogen and oxygen atoms in total. The molecule has 1 aliphatic rings. The van der Waals surface area contributed by atoms with Crippen molar-refractivity contribution in [2.75, 3.05) is 16.2 Å². The molecule has 1 amide bonds. The number of amides is 1. The first-order chi connectivity index (χ1) is 11.8. The average Bonchev–Trinajstić information content (AvgIpc) is 2.92. The van der Waals surface area contributed by atoms with E-state index in [1.54, 1.807) is 23.1 Å². The third-order valence-electron chi connectivity index (χ3n) is 4.27. The molecule has 0 aromatic heterocycles. The van der Waals surface area contributed by atoms with E-state index in [-0.39, 0.29) is 11.7 Å². The molecule has 2 aromatic rings. The van der Waals surface area contributed by atoms with Crippen LogP contribution >= 0.6 is 0 Å². The second-order valence-electron chi connectivity index (χ2n) is 6.50. The summed E-state index contributed by atoms with van der Waals surface area (Å²) in [7, 11) is -3.49. The van der Waals surface area contributed by atoms with Crippen LogP contribution in [0.5, 0.6) is 0 Å². The van der Waals surface area contributed by atoms with Crippen LogP contribution in [0.25, 0.3) is 0 Å². The van der Waals surface area contributed by atoms with Gasteiger partial charge in [-0.15, -0.1) is 0 Å². The second-order valence-corrected chi connectivity index (χ2v) is 8.22. The number of aryl methyl sites for hydroxylation is 2. The van der Waals surface area contributed by atoms with Gasteiger partial charge in [-0.05, 0) is 49.6 Å². The summed E-state index contributed by atoms with van der Waals surface area (Å²) in [5, 5.41) is 0. The van der Waals surface area contributed by atoms with Gasteiger partial charge in [-0.1, -0.05) is 29.8 Å². The average molecular weight is 358 g/mol. The minimum absolute atomic E-state index is 0.0694. The lowest BCUT2D eigenvalue weighted by molar-refractivity contribution is -0.117. The SMILES string of the molecule is Cc1cccc(CS(=O)(=O)Nc2ccc(N3CCCC3=O)c(C)c2)c1. The Kier molecular flexibility index (Phi) is 4.81. The number of nitrogens with one attached hydrogen (secondary N) is 1. The molecule has 3 rings (SSSR count). The normalized spacial score (nSPS) is 14.8. The molecular weight excluding hydrogens is 336 g/mol. The summed E-state index contributed by atoms with van der Waals surface area (Å²) in [6, 6.07) is 12.8. The molecular formula is C19H22N2O3S. The molecule has 1 aliphatic heterocycles. The minimum atomic E-state index is -3.49. The van der Waals surface area contributed by atoms with Crippen molar-refractivity contribution in [3.05, 3.63) is 59.2 Å². The summed E-state index contributed by atoms with van der Waals surface area (Å²) in [6.45, 7) is 4.54. The molecule has 1 fully saturated rings. The zero-order chi connectivity index (χ0) is 18.0. The molecule has 1 N–H and O–H groups in total. The zero-order valence-corrected chi connectivity index (χ0v) is 15.3. The Labute approximate surface area is 148 Å². The van der Waals surface area contributed by atoms with Gasteiger partial charge in [-0.3, -0.25) is 9.52 Å². The summed E-state index contributed by atoms with van der Waals surface area (Å²) in [4.78, 5) is 13.7. The fourth-order valence-corrected chi connectivity index (χ4v) is 4.34. The molecule has 0 saturated carbocycles. The van der Waals surface area contributed by atoms with Crippen LogP contribution in [-0.4, -0.2) is 20.9 Å². The summed E-state index contributed by atoms with van der Waals surface area (Å²) in [5.41, 5.74) is 4.03. The lowest BCUT2D eigenvalue weighted by Crippen LogP contribution is -2.24. The van der Waals surface area contributed by atoms with Crippen molar-refractivity contribution in [2.45, 2.75) is 32.4 Å². The Hall–Kier alpha value is -2.34. The lowest BCUT2D eigenvalue weighted by atomic mass is 10.1. The largest absolute Gasteiger partial charge is 0.312 e. The van der Waals surface area contributed by atoms with E-state index in [2.05, 4.69) is 4.72 Å². The van der Waals surface area contributed by atoms with Gasteiger partial charge in [0, 0.05) is 24.3 Å². The summed E-state index contributed by atoms with van der Waals surface area (Å²) in [5.74, 6) is 0.0518. The molecule has 2 aromatic carbocycles. The number of rotatable bonds is 5. The fourth-order valence-electron chi connectivity index (χ4n) is 3.16. The quantitative estimate of drug-likeness (QED) is 0.891. The van der Waals surface area contributed by atoms with Crippen LogP contribution < -0.4 is 9.62 Å². The van der Waals surface area contributed by atoms with Gasteiger partial charge in [0.1, 0.15) is 0 Å². The summed E-state index contributed by atoms with van der Waals surface area (Å²) >= 11 is 0. The van der Waals surface area contributed by atoms with Gasteiger partial charge in [0.25, 0.3) is 0 Å². The van der Waals surface area contributed by atoms with Gasteiger partial charge < -0.3 is 4.90 Å². The van der Waals surface area contributed by atoms with Gasteiger partial charge in [0.15, 0.2) is 0 Å². The maximum absolute atomic E-state index is 12.4. The highest BCUT2D eigenvalue weighted by Gasteiger charge is 2.23. The first-order valence-corrected chi connectivity index (χ1v) is 9.96. The Balaban J connectivity index is 1.76. The number of sulfonamides is 1. The van der Waals surface area contributed by atoms with Crippen LogP contribution in [0.3, 0.4) is 0 Å². The van der Waals surface area contributed by atoms with Gasteiger partial charge in [-0.2, -0.15) is 0 Å². The highest BCUT2D eigenvalue weighted by molar-refractivity contribution is 7.91. The Morgan fingerprint density at radius 2 is 1.92 bits per heavy atom. The molecule has 1 heterocycles. The molecule has 0 bridgehead atoms. The van der Waals surface area contributed by atoms with Crippen LogP contribution in [0, 0.1) is 13.8 Å². The van der Waals surface area contributed by atoms with E-state index in [4.69, 9.17) is 0 Å². The number of carbonyl (C=O) groups excluding carboxylic acids is 1. The first-order valence-electron chi connectivity index (χ1n) is 8.31. The topological polar surface area (TPSA) is 66.5 Å². The predicted octanol–water partition coefficient (Wildman–Crippen LogP) is 3.37. The van der Waals surface area contributed by atoms with Gasteiger partial charge in [0.2, 0.25) is 15.9 Å². The van der Waals surface area contributed by atoms with Crippen molar-refractivity contribution in [2.24, 2.45) is 0 Å². The van der Waals surface area contributed by atoms with Gasteiger partial charge in [0.05, 0.1) is 5.75 Å². The summed E-state index contributed by atoms with van der Waals surface area (Å²) < 4.78 is 27.4. The van der Waals surface area contributed by atoms with E-state index >= 15 is 0 Å². The molecule has 0 unspecified atom stereocenters. The lowest BCUT2D eigenvalue weighted by Gasteiger charge is -2.19. The van der Waals surface area contributed by atoms with Crippen molar-refractivity contribution in [1.29, 1.82) is 0 Å². The van der Waals surface area contributed by atoms with E-state index in [0.29, 0.717) is 12.1 Å². The third kappa shape index (κ3) is 4.20. The van der Waals surface area contributed by atoms with Crippen LogP contribution in [0.1, 0.15) is 29.5 Å². The monoisotopic (exact) mass is 358 g/mol. The van der Waals surface area contributed by atoms with E-state index < -0.39 is 10.0 Å². The predicted molar refractivity (Wildman–Crippen MR) is 100 cm³/mol. The van der Waals surface area contributed by atoms with E-state index in [9.17, 15) is 13.2 Å². The number of anilines is 2. The van der Waals surface area contributed by atoms with Crippen molar-refractivity contribution < 1.29 is 13.2 Å². The molecule has 1 saturated heterocycles. The van der Waals surface area contributed by atoms with Crippen LogP contribution in [0.2, 0.25) is 0 Å². The smallest absolute Gasteiger partial charge is 0.236 e. The number of hydrogen-bond donors (Lipinski definition) is 1. The highest BCUT2D eigenvalue weighted by Crippen LogP contribution is 2.28. The molecule has 0 aliphatic carbocycles. The highest BCUT2D eigenvalue weighted by atomic mass is 32.2. The number of carbonyl (C=O) groups is 1.